The molecule has 2 aromatic rings. The summed E-state index contributed by atoms with van der Waals surface area (Å²) in [5, 5.41) is 0. The molecule has 1 aliphatic rings. The summed E-state index contributed by atoms with van der Waals surface area (Å²) in [6.45, 7) is 4.29. The van der Waals surface area contributed by atoms with Crippen molar-refractivity contribution in [3.8, 4) is 0 Å². The Hall–Kier alpha value is -1.60. The molecule has 0 aliphatic heterocycles. The first kappa shape index (κ1) is 13.4. The highest BCUT2D eigenvalue weighted by Gasteiger charge is 2.14. The Bertz CT molecular complexity index is 628. The van der Waals surface area contributed by atoms with Crippen LogP contribution in [0, 0.1) is 13.8 Å². The molecule has 1 nitrogen and oxygen atoms in total. The van der Waals surface area contributed by atoms with Crippen molar-refractivity contribution in [2.24, 2.45) is 5.73 Å². The smallest absolute Gasteiger partial charge is 0.0338 e. The van der Waals surface area contributed by atoms with Crippen molar-refractivity contribution >= 4 is 0 Å². The second-order valence-electron chi connectivity index (χ2n) is 6.13. The van der Waals surface area contributed by atoms with Crippen LogP contribution in [-0.2, 0) is 19.3 Å². The number of hydrogen-bond donors (Lipinski definition) is 1. The molecule has 0 fully saturated rings. The van der Waals surface area contributed by atoms with E-state index in [-0.39, 0.29) is 6.04 Å². The maximum absolute atomic E-state index is 6.42. The number of nitrogens with two attached hydrogens (primary N) is 1. The maximum atomic E-state index is 6.42. The molecule has 1 aliphatic carbocycles. The van der Waals surface area contributed by atoms with E-state index in [1.54, 1.807) is 0 Å². The van der Waals surface area contributed by atoms with Crippen molar-refractivity contribution in [3.05, 3.63) is 69.8 Å². The first-order valence-corrected chi connectivity index (χ1v) is 7.57. The van der Waals surface area contributed by atoms with Gasteiger partial charge in [0, 0.05) is 6.04 Å². The lowest BCUT2D eigenvalue weighted by Gasteiger charge is -2.16. The van der Waals surface area contributed by atoms with Gasteiger partial charge in [-0.2, -0.15) is 0 Å². The van der Waals surface area contributed by atoms with Gasteiger partial charge in [0.1, 0.15) is 0 Å². The normalized spacial score (nSPS) is 15.2. The van der Waals surface area contributed by atoms with Gasteiger partial charge in [-0.05, 0) is 67.3 Å². The van der Waals surface area contributed by atoms with Crippen LogP contribution in [0.1, 0.15) is 45.8 Å². The van der Waals surface area contributed by atoms with E-state index in [0.29, 0.717) is 0 Å². The van der Waals surface area contributed by atoms with Crippen molar-refractivity contribution in [3.63, 3.8) is 0 Å². The van der Waals surface area contributed by atoms with Gasteiger partial charge in [-0.25, -0.2) is 0 Å². The van der Waals surface area contributed by atoms with Gasteiger partial charge in [0.15, 0.2) is 0 Å². The van der Waals surface area contributed by atoms with Gasteiger partial charge < -0.3 is 5.73 Å². The molecular formula is C19H23N. The summed E-state index contributed by atoms with van der Waals surface area (Å²) < 4.78 is 0. The van der Waals surface area contributed by atoms with E-state index in [1.165, 1.54) is 52.6 Å². The fourth-order valence-electron chi connectivity index (χ4n) is 3.36. The number of fused-ring (bicyclic) bond motifs is 1. The standard InChI is InChI=1S/C19H23N/c1-13-6-9-18(14(2)10-13)19(20)12-15-7-8-16-4-3-5-17(16)11-15/h6-11,19H,3-5,12,20H2,1-2H3. The molecule has 0 bridgehead atoms. The van der Waals surface area contributed by atoms with E-state index >= 15 is 0 Å². The van der Waals surface area contributed by atoms with Gasteiger partial charge in [0.2, 0.25) is 0 Å². The lowest BCUT2D eigenvalue weighted by atomic mass is 9.94. The largest absolute Gasteiger partial charge is 0.324 e. The van der Waals surface area contributed by atoms with Gasteiger partial charge in [-0.3, -0.25) is 0 Å². The summed E-state index contributed by atoms with van der Waals surface area (Å²) in [5.74, 6) is 0. The topological polar surface area (TPSA) is 26.0 Å². The first-order chi connectivity index (χ1) is 9.63. The molecule has 1 atom stereocenters. The van der Waals surface area contributed by atoms with Crippen molar-refractivity contribution in [2.75, 3.05) is 0 Å². The van der Waals surface area contributed by atoms with Crippen LogP contribution < -0.4 is 5.73 Å². The van der Waals surface area contributed by atoms with Gasteiger partial charge in [0.05, 0.1) is 0 Å². The highest BCUT2D eigenvalue weighted by molar-refractivity contribution is 5.37. The fraction of sp³-hybridized carbons (Fsp3) is 0.368. The molecule has 2 N–H and O–H groups in total. The monoisotopic (exact) mass is 265 g/mol. The fourth-order valence-corrected chi connectivity index (χ4v) is 3.36. The average molecular weight is 265 g/mol. The first-order valence-electron chi connectivity index (χ1n) is 7.57. The van der Waals surface area contributed by atoms with E-state index in [4.69, 9.17) is 5.73 Å². The van der Waals surface area contributed by atoms with E-state index < -0.39 is 0 Å². The summed E-state index contributed by atoms with van der Waals surface area (Å²) in [5.41, 5.74) is 14.8. The zero-order valence-corrected chi connectivity index (χ0v) is 12.4. The molecule has 0 radical (unpaired) electrons. The predicted octanol–water partition coefficient (Wildman–Crippen LogP) is 4.03. The SMILES string of the molecule is Cc1ccc(C(N)Cc2ccc3c(c2)CCC3)c(C)c1. The molecule has 3 rings (SSSR count). The Balaban J connectivity index is 1.80. The minimum Gasteiger partial charge on any atom is -0.324 e. The van der Waals surface area contributed by atoms with Crippen molar-refractivity contribution < 1.29 is 0 Å². The van der Waals surface area contributed by atoms with Crippen LogP contribution in [0.25, 0.3) is 0 Å². The van der Waals surface area contributed by atoms with Crippen molar-refractivity contribution in [2.45, 2.75) is 45.6 Å². The Morgan fingerprint density at radius 3 is 2.60 bits per heavy atom. The van der Waals surface area contributed by atoms with Crippen LogP contribution in [0.3, 0.4) is 0 Å². The van der Waals surface area contributed by atoms with E-state index in [9.17, 15) is 0 Å². The second kappa shape index (κ2) is 5.41. The molecule has 2 aromatic carbocycles. The van der Waals surface area contributed by atoms with E-state index in [0.717, 1.165) is 6.42 Å². The molecule has 0 aromatic heterocycles. The molecule has 0 saturated heterocycles. The van der Waals surface area contributed by atoms with Crippen molar-refractivity contribution in [1.82, 2.24) is 0 Å². The number of rotatable bonds is 3. The summed E-state index contributed by atoms with van der Waals surface area (Å²) >= 11 is 0. The van der Waals surface area contributed by atoms with Crippen LogP contribution in [0.5, 0.6) is 0 Å². The number of benzene rings is 2. The molecule has 0 amide bonds. The van der Waals surface area contributed by atoms with Crippen LogP contribution in [-0.4, -0.2) is 0 Å². The highest BCUT2D eigenvalue weighted by atomic mass is 14.6. The van der Waals surface area contributed by atoms with Crippen LogP contribution in [0.15, 0.2) is 36.4 Å². The third-order valence-electron chi connectivity index (χ3n) is 4.44. The van der Waals surface area contributed by atoms with Gasteiger partial charge in [0.25, 0.3) is 0 Å². The van der Waals surface area contributed by atoms with Gasteiger partial charge in [-0.15, -0.1) is 0 Å². The molecule has 104 valence electrons. The Kier molecular flexibility index (Phi) is 3.62. The highest BCUT2D eigenvalue weighted by Crippen LogP contribution is 2.26. The third-order valence-corrected chi connectivity index (χ3v) is 4.44. The maximum Gasteiger partial charge on any atom is 0.0338 e. The molecule has 0 spiro atoms. The number of hydrogen-bond acceptors (Lipinski definition) is 1. The summed E-state index contributed by atoms with van der Waals surface area (Å²) in [6.07, 6.45) is 4.72. The Morgan fingerprint density at radius 2 is 1.80 bits per heavy atom. The lowest BCUT2D eigenvalue weighted by molar-refractivity contribution is 0.715. The van der Waals surface area contributed by atoms with Gasteiger partial charge in [-0.1, -0.05) is 42.0 Å². The van der Waals surface area contributed by atoms with Crippen LogP contribution in [0.2, 0.25) is 0 Å². The zero-order chi connectivity index (χ0) is 14.1. The predicted molar refractivity (Wildman–Crippen MR) is 85.0 cm³/mol. The van der Waals surface area contributed by atoms with E-state index in [2.05, 4.69) is 50.2 Å². The molecule has 0 heterocycles. The Labute approximate surface area is 121 Å². The summed E-state index contributed by atoms with van der Waals surface area (Å²) in [4.78, 5) is 0. The average Bonchev–Trinajstić information content (AvgIpc) is 2.85. The third kappa shape index (κ3) is 2.64. The van der Waals surface area contributed by atoms with Gasteiger partial charge >= 0.3 is 0 Å². The Morgan fingerprint density at radius 1 is 1.00 bits per heavy atom. The molecule has 0 saturated carbocycles. The minimum atomic E-state index is 0.0926. The van der Waals surface area contributed by atoms with Crippen LogP contribution >= 0.6 is 0 Å². The second-order valence-corrected chi connectivity index (χ2v) is 6.13. The molecular weight excluding hydrogens is 242 g/mol. The van der Waals surface area contributed by atoms with E-state index in [1.807, 2.05) is 0 Å². The summed E-state index contributed by atoms with van der Waals surface area (Å²) in [7, 11) is 0. The molecule has 1 unspecified atom stereocenters. The van der Waals surface area contributed by atoms with Crippen molar-refractivity contribution in [1.29, 1.82) is 0 Å². The quantitative estimate of drug-likeness (QED) is 0.890. The zero-order valence-electron chi connectivity index (χ0n) is 12.4. The summed E-state index contributed by atoms with van der Waals surface area (Å²) in [6, 6.07) is 13.6. The number of aryl methyl sites for hydroxylation is 4. The minimum absolute atomic E-state index is 0.0926. The molecule has 20 heavy (non-hydrogen) atoms. The molecule has 1 heteroatoms. The lowest BCUT2D eigenvalue weighted by Crippen LogP contribution is -2.15. The van der Waals surface area contributed by atoms with Crippen LogP contribution in [0.4, 0.5) is 0 Å².